The van der Waals surface area contributed by atoms with Gasteiger partial charge in [0, 0.05) is 19.4 Å². The van der Waals surface area contributed by atoms with Gasteiger partial charge in [-0.05, 0) is 19.3 Å². The molecule has 0 aromatic carbocycles. The van der Waals surface area contributed by atoms with E-state index in [9.17, 15) is 9.59 Å². The minimum absolute atomic E-state index is 0. The van der Waals surface area contributed by atoms with Crippen LogP contribution in [0.25, 0.3) is 0 Å². The SMILES string of the molecule is CCCCCCCCCCCC(=O)NCCCCCC(=O)O.[Na+]. The number of hydrogen-bond acceptors (Lipinski definition) is 2. The number of amides is 1. The molecule has 0 aliphatic rings. The molecule has 0 rings (SSSR count). The molecule has 0 fully saturated rings. The van der Waals surface area contributed by atoms with Crippen LogP contribution in [0, 0.1) is 0 Å². The van der Waals surface area contributed by atoms with Gasteiger partial charge in [0.1, 0.15) is 0 Å². The summed E-state index contributed by atoms with van der Waals surface area (Å²) in [4.78, 5) is 21.9. The van der Waals surface area contributed by atoms with Crippen LogP contribution >= 0.6 is 0 Å². The summed E-state index contributed by atoms with van der Waals surface area (Å²) < 4.78 is 0. The maximum Gasteiger partial charge on any atom is 1.00 e. The fourth-order valence-corrected chi connectivity index (χ4v) is 2.49. The largest absolute Gasteiger partial charge is 1.00 e. The Hall–Kier alpha value is -0.0600. The minimum atomic E-state index is -0.741. The van der Waals surface area contributed by atoms with E-state index in [0.29, 0.717) is 19.4 Å². The zero-order chi connectivity index (χ0) is 16.5. The predicted molar refractivity (Wildman–Crippen MR) is 91.0 cm³/mol. The second-order valence-corrected chi connectivity index (χ2v) is 6.13. The molecule has 0 saturated heterocycles. The van der Waals surface area contributed by atoms with Crippen molar-refractivity contribution in [2.45, 2.75) is 96.8 Å². The number of carbonyl (C=O) groups excluding carboxylic acids is 1. The minimum Gasteiger partial charge on any atom is -0.481 e. The van der Waals surface area contributed by atoms with Gasteiger partial charge in [0.25, 0.3) is 0 Å². The molecule has 0 bridgehead atoms. The van der Waals surface area contributed by atoms with Crippen LogP contribution in [-0.2, 0) is 9.59 Å². The van der Waals surface area contributed by atoms with Crippen LogP contribution in [-0.4, -0.2) is 23.5 Å². The molecule has 0 spiro atoms. The van der Waals surface area contributed by atoms with Crippen LogP contribution in [0.3, 0.4) is 0 Å². The van der Waals surface area contributed by atoms with Gasteiger partial charge in [0.05, 0.1) is 0 Å². The number of carboxylic acids is 1. The van der Waals surface area contributed by atoms with Crippen molar-refractivity contribution in [3.05, 3.63) is 0 Å². The van der Waals surface area contributed by atoms with Crippen molar-refractivity contribution in [2.75, 3.05) is 6.54 Å². The average Bonchev–Trinajstić information content (AvgIpc) is 2.48. The number of carboxylic acid groups (broad SMARTS) is 1. The van der Waals surface area contributed by atoms with Crippen LogP contribution in [0.2, 0.25) is 0 Å². The number of rotatable bonds is 16. The van der Waals surface area contributed by atoms with E-state index < -0.39 is 5.97 Å². The van der Waals surface area contributed by atoms with Gasteiger partial charge in [0.15, 0.2) is 0 Å². The second-order valence-electron chi connectivity index (χ2n) is 6.13. The van der Waals surface area contributed by atoms with Crippen LogP contribution in [0.4, 0.5) is 0 Å². The molecule has 0 saturated carbocycles. The molecule has 0 radical (unpaired) electrons. The first kappa shape index (κ1) is 25.2. The summed E-state index contributed by atoms with van der Waals surface area (Å²) in [6.07, 6.45) is 14.7. The average molecular weight is 336 g/mol. The van der Waals surface area contributed by atoms with E-state index in [2.05, 4.69) is 12.2 Å². The van der Waals surface area contributed by atoms with Crippen molar-refractivity contribution in [1.29, 1.82) is 0 Å². The third kappa shape index (κ3) is 21.9. The molecule has 0 aliphatic heterocycles. The Labute approximate surface area is 164 Å². The van der Waals surface area contributed by atoms with Gasteiger partial charge in [-0.15, -0.1) is 0 Å². The Morgan fingerprint density at radius 3 is 1.78 bits per heavy atom. The van der Waals surface area contributed by atoms with Gasteiger partial charge >= 0.3 is 35.5 Å². The summed E-state index contributed by atoms with van der Waals surface area (Å²) in [6, 6.07) is 0. The van der Waals surface area contributed by atoms with E-state index >= 15 is 0 Å². The maximum atomic E-state index is 11.6. The van der Waals surface area contributed by atoms with Crippen molar-refractivity contribution >= 4 is 11.9 Å². The molecule has 0 aliphatic carbocycles. The molecule has 130 valence electrons. The summed E-state index contributed by atoms with van der Waals surface area (Å²) in [5, 5.41) is 11.4. The summed E-state index contributed by atoms with van der Waals surface area (Å²) in [6.45, 7) is 2.91. The third-order valence-electron chi connectivity index (χ3n) is 3.90. The number of nitrogens with one attached hydrogen (secondary N) is 1. The van der Waals surface area contributed by atoms with Crippen molar-refractivity contribution in [2.24, 2.45) is 0 Å². The molecule has 5 heteroatoms. The predicted octanol–water partition coefficient (Wildman–Crippen LogP) is 1.67. The molecule has 0 unspecified atom stereocenters. The normalized spacial score (nSPS) is 10.1. The molecule has 0 heterocycles. The summed E-state index contributed by atoms with van der Waals surface area (Å²) >= 11 is 0. The number of carbonyl (C=O) groups is 2. The molecule has 0 aromatic rings. The number of unbranched alkanes of at least 4 members (excludes halogenated alkanes) is 10. The molecule has 0 atom stereocenters. The van der Waals surface area contributed by atoms with Crippen molar-refractivity contribution < 1.29 is 44.3 Å². The third-order valence-corrected chi connectivity index (χ3v) is 3.90. The van der Waals surface area contributed by atoms with Crippen LogP contribution in [0.5, 0.6) is 0 Å². The second kappa shape index (κ2) is 20.0. The van der Waals surface area contributed by atoms with E-state index in [0.717, 1.165) is 25.7 Å². The van der Waals surface area contributed by atoms with Gasteiger partial charge in [-0.2, -0.15) is 0 Å². The van der Waals surface area contributed by atoms with Gasteiger partial charge in [0.2, 0.25) is 5.91 Å². The first-order valence-corrected chi connectivity index (χ1v) is 9.15. The molecular weight excluding hydrogens is 301 g/mol. The monoisotopic (exact) mass is 336 g/mol. The molecule has 23 heavy (non-hydrogen) atoms. The van der Waals surface area contributed by atoms with E-state index in [4.69, 9.17) is 5.11 Å². The summed E-state index contributed by atoms with van der Waals surface area (Å²) in [5.74, 6) is -0.601. The fourth-order valence-electron chi connectivity index (χ4n) is 2.49. The zero-order valence-electron chi connectivity index (χ0n) is 15.4. The number of hydrogen-bond donors (Lipinski definition) is 2. The number of aliphatic carboxylic acids is 1. The van der Waals surface area contributed by atoms with Gasteiger partial charge in [-0.1, -0.05) is 64.7 Å². The molecule has 2 N–H and O–H groups in total. The Bertz CT molecular complexity index is 285. The first-order chi connectivity index (χ1) is 10.7. The standard InChI is InChI=1S/C18H35NO3.Na/c1-2-3-4-5-6-7-8-9-11-14-17(20)19-16-13-10-12-15-18(21)22;/h2-16H2,1H3,(H,19,20)(H,21,22);/q;+1. The Morgan fingerprint density at radius 2 is 1.22 bits per heavy atom. The van der Waals surface area contributed by atoms with Crippen LogP contribution < -0.4 is 34.9 Å². The van der Waals surface area contributed by atoms with Gasteiger partial charge in [-0.25, -0.2) is 0 Å². The molecule has 0 aromatic heterocycles. The quantitative estimate of drug-likeness (QED) is 0.333. The smallest absolute Gasteiger partial charge is 0.481 e. The molecule has 4 nitrogen and oxygen atoms in total. The summed E-state index contributed by atoms with van der Waals surface area (Å²) in [7, 11) is 0. The Morgan fingerprint density at radius 1 is 0.739 bits per heavy atom. The van der Waals surface area contributed by atoms with E-state index in [1.165, 1.54) is 44.9 Å². The van der Waals surface area contributed by atoms with Crippen molar-refractivity contribution in [3.8, 4) is 0 Å². The van der Waals surface area contributed by atoms with E-state index in [1.807, 2.05) is 0 Å². The van der Waals surface area contributed by atoms with Crippen LogP contribution in [0.15, 0.2) is 0 Å². The Kier molecular flexibility index (Phi) is 21.9. The molecular formula is C18H35NNaO3+. The maximum absolute atomic E-state index is 11.6. The Balaban J connectivity index is 0. The van der Waals surface area contributed by atoms with Gasteiger partial charge < -0.3 is 10.4 Å². The van der Waals surface area contributed by atoms with Crippen molar-refractivity contribution in [1.82, 2.24) is 5.32 Å². The van der Waals surface area contributed by atoms with Crippen LogP contribution in [0.1, 0.15) is 96.8 Å². The first-order valence-electron chi connectivity index (χ1n) is 9.15. The van der Waals surface area contributed by atoms with E-state index in [-0.39, 0.29) is 41.9 Å². The zero-order valence-corrected chi connectivity index (χ0v) is 17.4. The fraction of sp³-hybridized carbons (Fsp3) is 0.889. The van der Waals surface area contributed by atoms with Gasteiger partial charge in [-0.3, -0.25) is 9.59 Å². The topological polar surface area (TPSA) is 66.4 Å². The summed E-state index contributed by atoms with van der Waals surface area (Å²) in [5.41, 5.74) is 0. The van der Waals surface area contributed by atoms with Crippen molar-refractivity contribution in [3.63, 3.8) is 0 Å². The molecule has 1 amide bonds. The van der Waals surface area contributed by atoms with E-state index in [1.54, 1.807) is 0 Å².